The highest BCUT2D eigenvalue weighted by Gasteiger charge is 2.21. The molecule has 0 aliphatic rings. The number of benzene rings is 2. The van der Waals surface area contributed by atoms with Gasteiger partial charge in [-0.05, 0) is 32.0 Å². The van der Waals surface area contributed by atoms with E-state index in [-0.39, 0.29) is 23.2 Å². The molecule has 0 saturated carbocycles. The summed E-state index contributed by atoms with van der Waals surface area (Å²) in [4.78, 5) is 22.6. The summed E-state index contributed by atoms with van der Waals surface area (Å²) >= 11 is 0. The Bertz CT molecular complexity index is 945. The monoisotopic (exact) mass is 338 g/mol. The van der Waals surface area contributed by atoms with Crippen molar-refractivity contribution in [2.45, 2.75) is 13.8 Å². The van der Waals surface area contributed by atoms with E-state index in [1.54, 1.807) is 0 Å². The van der Waals surface area contributed by atoms with Gasteiger partial charge < -0.3 is 4.42 Å². The molecule has 1 heterocycles. The second kappa shape index (κ2) is 6.52. The van der Waals surface area contributed by atoms with Crippen LogP contribution in [0.15, 0.2) is 46.9 Å². The Kier molecular flexibility index (Phi) is 4.25. The fourth-order valence-electron chi connectivity index (χ4n) is 2.48. The summed E-state index contributed by atoms with van der Waals surface area (Å²) in [6.45, 7) is 3.90. The highest BCUT2D eigenvalue weighted by molar-refractivity contribution is 6.06. The zero-order valence-corrected chi connectivity index (χ0v) is 13.5. The molecule has 25 heavy (non-hydrogen) atoms. The maximum absolute atomic E-state index is 12.3. The molecule has 0 atom stereocenters. The number of anilines is 1. The van der Waals surface area contributed by atoms with Crippen molar-refractivity contribution >= 4 is 17.6 Å². The molecule has 2 aromatic carbocycles. The third-order valence-electron chi connectivity index (χ3n) is 3.46. The summed E-state index contributed by atoms with van der Waals surface area (Å²) in [6.07, 6.45) is 0. The molecule has 0 aliphatic carbocycles. The molecule has 8 heteroatoms. The Morgan fingerprint density at radius 3 is 2.48 bits per heavy atom. The molecule has 0 unspecified atom stereocenters. The highest BCUT2D eigenvalue weighted by atomic mass is 16.6. The van der Waals surface area contributed by atoms with Crippen LogP contribution >= 0.6 is 0 Å². The van der Waals surface area contributed by atoms with E-state index < -0.39 is 10.8 Å². The van der Waals surface area contributed by atoms with Gasteiger partial charge in [-0.2, -0.15) is 0 Å². The molecule has 0 spiro atoms. The summed E-state index contributed by atoms with van der Waals surface area (Å²) in [6, 6.07) is 11.3. The van der Waals surface area contributed by atoms with Gasteiger partial charge in [0, 0.05) is 11.6 Å². The molecule has 126 valence electrons. The van der Waals surface area contributed by atoms with Gasteiger partial charge in [-0.1, -0.05) is 34.4 Å². The fraction of sp³-hybridized carbons (Fsp3) is 0.118. The van der Waals surface area contributed by atoms with Crippen LogP contribution in [0.3, 0.4) is 0 Å². The van der Waals surface area contributed by atoms with Gasteiger partial charge in [-0.15, -0.1) is 5.10 Å². The van der Waals surface area contributed by atoms with Crippen LogP contribution in [0.4, 0.5) is 11.7 Å². The molecular weight excluding hydrogens is 324 g/mol. The summed E-state index contributed by atoms with van der Waals surface area (Å²) in [7, 11) is 0. The third-order valence-corrected chi connectivity index (χ3v) is 3.46. The van der Waals surface area contributed by atoms with E-state index in [1.807, 2.05) is 32.0 Å². The third kappa shape index (κ3) is 3.52. The number of amides is 1. The summed E-state index contributed by atoms with van der Waals surface area (Å²) in [5.74, 6) is -0.437. The van der Waals surface area contributed by atoms with Crippen molar-refractivity contribution in [2.75, 3.05) is 5.32 Å². The number of nitrogens with one attached hydrogen (secondary N) is 1. The normalized spacial score (nSPS) is 10.5. The van der Waals surface area contributed by atoms with E-state index in [2.05, 4.69) is 15.5 Å². The smallest absolute Gasteiger partial charge is 0.322 e. The number of nitro groups is 1. The number of hydrogen-bond donors (Lipinski definition) is 1. The first-order valence-corrected chi connectivity index (χ1v) is 7.41. The average molecular weight is 338 g/mol. The summed E-state index contributed by atoms with van der Waals surface area (Å²) in [5, 5.41) is 21.1. The lowest BCUT2D eigenvalue weighted by molar-refractivity contribution is -0.385. The summed E-state index contributed by atoms with van der Waals surface area (Å²) in [5.41, 5.74) is 2.43. The van der Waals surface area contributed by atoms with Crippen molar-refractivity contribution in [3.05, 3.63) is 69.3 Å². The second-order valence-corrected chi connectivity index (χ2v) is 5.52. The number of rotatable bonds is 4. The number of para-hydroxylation sites is 1. The first-order valence-electron chi connectivity index (χ1n) is 7.41. The van der Waals surface area contributed by atoms with Gasteiger partial charge in [0.1, 0.15) is 5.56 Å². The van der Waals surface area contributed by atoms with E-state index in [0.717, 1.165) is 16.7 Å². The minimum atomic E-state index is -0.692. The summed E-state index contributed by atoms with van der Waals surface area (Å²) < 4.78 is 5.45. The molecule has 3 rings (SSSR count). The Morgan fingerprint density at radius 1 is 1.12 bits per heavy atom. The minimum absolute atomic E-state index is 0.0846. The first-order chi connectivity index (χ1) is 11.9. The fourth-order valence-corrected chi connectivity index (χ4v) is 2.48. The van der Waals surface area contributed by atoms with Gasteiger partial charge in [0.05, 0.1) is 4.92 Å². The standard InChI is InChI=1S/C17H14N4O4/c1-10-7-11(2)9-12(8-10)16-19-20-17(25-16)18-15(22)13-5-3-4-6-14(13)21(23)24/h3-9H,1-2H3,(H,18,20,22). The Hall–Kier alpha value is -3.55. The molecule has 8 nitrogen and oxygen atoms in total. The number of aryl methyl sites for hydroxylation is 2. The van der Waals surface area contributed by atoms with Crippen LogP contribution in [-0.4, -0.2) is 21.0 Å². The van der Waals surface area contributed by atoms with Crippen LogP contribution in [0.5, 0.6) is 0 Å². The van der Waals surface area contributed by atoms with Crippen molar-refractivity contribution < 1.29 is 14.1 Å². The maximum Gasteiger partial charge on any atom is 0.322 e. The molecule has 0 fully saturated rings. The van der Waals surface area contributed by atoms with Crippen LogP contribution in [0.25, 0.3) is 11.5 Å². The van der Waals surface area contributed by atoms with Crippen molar-refractivity contribution in [2.24, 2.45) is 0 Å². The number of hydrogen-bond acceptors (Lipinski definition) is 6. The average Bonchev–Trinajstić information content (AvgIpc) is 3.02. The molecule has 0 radical (unpaired) electrons. The lowest BCUT2D eigenvalue weighted by Crippen LogP contribution is -2.14. The molecule has 1 amide bonds. The molecule has 3 aromatic rings. The van der Waals surface area contributed by atoms with E-state index in [4.69, 9.17) is 4.42 Å². The molecule has 1 N–H and O–H groups in total. The predicted molar refractivity (Wildman–Crippen MR) is 90.3 cm³/mol. The number of aromatic nitrogens is 2. The number of carbonyl (C=O) groups excluding carboxylic acids is 1. The number of nitrogens with zero attached hydrogens (tertiary/aromatic N) is 3. The lowest BCUT2D eigenvalue weighted by Gasteiger charge is -2.02. The Morgan fingerprint density at radius 2 is 1.80 bits per heavy atom. The van der Waals surface area contributed by atoms with E-state index in [9.17, 15) is 14.9 Å². The molecule has 1 aromatic heterocycles. The predicted octanol–water partition coefficient (Wildman–Crippen LogP) is 3.51. The molecule has 0 aliphatic heterocycles. The van der Waals surface area contributed by atoms with Crippen molar-refractivity contribution in [1.29, 1.82) is 0 Å². The van der Waals surface area contributed by atoms with E-state index in [1.165, 1.54) is 24.3 Å². The Labute approximate surface area is 142 Å². The van der Waals surface area contributed by atoms with Gasteiger partial charge >= 0.3 is 6.01 Å². The minimum Gasteiger partial charge on any atom is -0.403 e. The quantitative estimate of drug-likeness (QED) is 0.575. The molecule has 0 saturated heterocycles. The van der Waals surface area contributed by atoms with E-state index in [0.29, 0.717) is 0 Å². The van der Waals surface area contributed by atoms with Gasteiger partial charge in [-0.25, -0.2) is 0 Å². The van der Waals surface area contributed by atoms with E-state index >= 15 is 0 Å². The van der Waals surface area contributed by atoms with Crippen LogP contribution in [0.2, 0.25) is 0 Å². The lowest BCUT2D eigenvalue weighted by atomic mass is 10.1. The van der Waals surface area contributed by atoms with Gasteiger partial charge in [0.15, 0.2) is 0 Å². The Balaban J connectivity index is 1.84. The zero-order chi connectivity index (χ0) is 18.0. The highest BCUT2D eigenvalue weighted by Crippen LogP contribution is 2.23. The van der Waals surface area contributed by atoms with Crippen LogP contribution < -0.4 is 5.32 Å². The van der Waals surface area contributed by atoms with Crippen LogP contribution in [0, 0.1) is 24.0 Å². The largest absolute Gasteiger partial charge is 0.403 e. The van der Waals surface area contributed by atoms with Gasteiger partial charge in [0.2, 0.25) is 5.89 Å². The molecular formula is C17H14N4O4. The van der Waals surface area contributed by atoms with Crippen molar-refractivity contribution in [3.63, 3.8) is 0 Å². The van der Waals surface area contributed by atoms with Crippen LogP contribution in [-0.2, 0) is 0 Å². The van der Waals surface area contributed by atoms with Crippen LogP contribution in [0.1, 0.15) is 21.5 Å². The topological polar surface area (TPSA) is 111 Å². The number of nitro benzene ring substituents is 1. The second-order valence-electron chi connectivity index (χ2n) is 5.52. The SMILES string of the molecule is Cc1cc(C)cc(-c2nnc(NC(=O)c3ccccc3[N+](=O)[O-])o2)c1. The molecule has 0 bridgehead atoms. The zero-order valence-electron chi connectivity index (χ0n) is 13.5. The van der Waals surface area contributed by atoms with Gasteiger partial charge in [-0.3, -0.25) is 20.2 Å². The number of carbonyl (C=O) groups is 1. The van der Waals surface area contributed by atoms with Crippen molar-refractivity contribution in [3.8, 4) is 11.5 Å². The van der Waals surface area contributed by atoms with Crippen molar-refractivity contribution in [1.82, 2.24) is 10.2 Å². The first kappa shape index (κ1) is 16.3. The maximum atomic E-state index is 12.3. The van der Waals surface area contributed by atoms with Gasteiger partial charge in [0.25, 0.3) is 11.6 Å².